The molecule has 6 nitrogen and oxygen atoms in total. The zero-order chi connectivity index (χ0) is 16.1. The van der Waals surface area contributed by atoms with Crippen molar-refractivity contribution in [3.8, 4) is 5.75 Å². The zero-order valence-corrected chi connectivity index (χ0v) is 13.1. The lowest BCUT2D eigenvalue weighted by Gasteiger charge is -2.15. The molecule has 0 spiro atoms. The Hall–Kier alpha value is -2.63. The Balaban J connectivity index is 1.64. The molecule has 0 unspecified atom stereocenters. The van der Waals surface area contributed by atoms with Gasteiger partial charge in [-0.1, -0.05) is 0 Å². The minimum Gasteiger partial charge on any atom is -0.493 e. The Labute approximate surface area is 133 Å². The maximum Gasteiger partial charge on any atom is 0.258 e. The second kappa shape index (κ2) is 4.94. The Bertz CT molecular complexity index is 885. The maximum absolute atomic E-state index is 12.7. The van der Waals surface area contributed by atoms with Gasteiger partial charge in [0.1, 0.15) is 11.6 Å². The highest BCUT2D eigenvalue weighted by Gasteiger charge is 2.29. The summed E-state index contributed by atoms with van der Waals surface area (Å²) < 4.78 is 7.00. The molecule has 118 valence electrons. The van der Waals surface area contributed by atoms with Gasteiger partial charge >= 0.3 is 0 Å². The molecule has 1 amide bonds. The van der Waals surface area contributed by atoms with E-state index in [-0.39, 0.29) is 11.5 Å². The highest BCUT2D eigenvalue weighted by molar-refractivity contribution is 5.95. The normalized spacial score (nSPS) is 15.3. The van der Waals surface area contributed by atoms with Crippen LogP contribution in [0, 0.1) is 6.92 Å². The number of aromatic nitrogens is 2. The first-order valence-electron chi connectivity index (χ1n) is 7.65. The van der Waals surface area contributed by atoms with E-state index in [1.54, 1.807) is 24.9 Å². The predicted molar refractivity (Wildman–Crippen MR) is 83.4 cm³/mol. The molecule has 0 fully saturated rings. The minimum atomic E-state index is -0.0718. The molecule has 1 aromatic heterocycles. The van der Waals surface area contributed by atoms with E-state index in [1.807, 2.05) is 12.1 Å². The van der Waals surface area contributed by atoms with Crippen LogP contribution in [0.5, 0.6) is 5.75 Å². The number of nitrogens with zero attached hydrogens (tertiary/aromatic N) is 3. The maximum atomic E-state index is 12.7. The van der Waals surface area contributed by atoms with Crippen molar-refractivity contribution in [2.75, 3.05) is 6.61 Å². The van der Waals surface area contributed by atoms with E-state index in [0.29, 0.717) is 42.3 Å². The molecule has 23 heavy (non-hydrogen) atoms. The second-order valence-electron chi connectivity index (χ2n) is 6.03. The van der Waals surface area contributed by atoms with Gasteiger partial charge in [-0.25, -0.2) is 4.98 Å². The molecule has 2 aromatic rings. The summed E-state index contributed by atoms with van der Waals surface area (Å²) in [6.07, 6.45) is 0.831. The van der Waals surface area contributed by atoms with E-state index in [2.05, 4.69) is 4.98 Å². The fraction of sp³-hybridized carbons (Fsp3) is 0.353. The van der Waals surface area contributed by atoms with Gasteiger partial charge in [-0.15, -0.1) is 0 Å². The van der Waals surface area contributed by atoms with Crippen molar-refractivity contribution in [3.05, 3.63) is 56.8 Å². The Morgan fingerprint density at radius 3 is 2.96 bits per heavy atom. The summed E-state index contributed by atoms with van der Waals surface area (Å²) >= 11 is 0. The number of hydrogen-bond acceptors (Lipinski definition) is 4. The standard InChI is InChI=1S/C17H17N3O3/c1-10-18-14-9-20(8-13(14)17(22)19(10)2)16(21)12-3-4-15-11(7-12)5-6-23-15/h3-4,7H,5-6,8-9H2,1-2H3. The van der Waals surface area contributed by atoms with Crippen molar-refractivity contribution in [1.29, 1.82) is 0 Å². The monoisotopic (exact) mass is 311 g/mol. The number of benzene rings is 1. The molecular formula is C17H17N3O3. The van der Waals surface area contributed by atoms with Gasteiger partial charge in [-0.2, -0.15) is 0 Å². The van der Waals surface area contributed by atoms with Gasteiger partial charge in [0.15, 0.2) is 0 Å². The summed E-state index contributed by atoms with van der Waals surface area (Å²) in [7, 11) is 1.70. The molecule has 2 aliphatic heterocycles. The van der Waals surface area contributed by atoms with Crippen molar-refractivity contribution in [2.45, 2.75) is 26.4 Å². The fourth-order valence-electron chi connectivity index (χ4n) is 3.17. The quantitative estimate of drug-likeness (QED) is 0.793. The van der Waals surface area contributed by atoms with Crippen LogP contribution >= 0.6 is 0 Å². The van der Waals surface area contributed by atoms with Crippen LogP contribution in [-0.4, -0.2) is 27.0 Å². The van der Waals surface area contributed by atoms with Crippen LogP contribution in [0.2, 0.25) is 0 Å². The summed E-state index contributed by atoms with van der Waals surface area (Å²) in [5.41, 5.74) is 2.97. The largest absolute Gasteiger partial charge is 0.493 e. The molecule has 6 heteroatoms. The smallest absolute Gasteiger partial charge is 0.258 e. The first kappa shape index (κ1) is 14.0. The summed E-state index contributed by atoms with van der Waals surface area (Å²) in [4.78, 5) is 31.2. The molecular weight excluding hydrogens is 294 g/mol. The summed E-state index contributed by atoms with van der Waals surface area (Å²) in [6.45, 7) is 3.18. The Morgan fingerprint density at radius 2 is 2.13 bits per heavy atom. The van der Waals surface area contributed by atoms with E-state index in [9.17, 15) is 9.59 Å². The first-order valence-corrected chi connectivity index (χ1v) is 7.65. The van der Waals surface area contributed by atoms with Crippen LogP contribution in [0.1, 0.15) is 33.0 Å². The van der Waals surface area contributed by atoms with Crippen molar-refractivity contribution in [2.24, 2.45) is 7.05 Å². The lowest BCUT2D eigenvalue weighted by molar-refractivity contribution is 0.0750. The molecule has 0 N–H and O–H groups in total. The van der Waals surface area contributed by atoms with Crippen LogP contribution in [-0.2, 0) is 26.6 Å². The third kappa shape index (κ3) is 2.13. The number of fused-ring (bicyclic) bond motifs is 2. The minimum absolute atomic E-state index is 0.0647. The van der Waals surface area contributed by atoms with Gasteiger partial charge < -0.3 is 9.64 Å². The van der Waals surface area contributed by atoms with Crippen LogP contribution in [0.25, 0.3) is 0 Å². The molecule has 0 saturated carbocycles. The van der Waals surface area contributed by atoms with Gasteiger partial charge in [0.05, 0.1) is 31.0 Å². The molecule has 0 atom stereocenters. The number of ether oxygens (including phenoxy) is 1. The summed E-state index contributed by atoms with van der Waals surface area (Å²) in [5, 5.41) is 0. The molecule has 4 rings (SSSR count). The van der Waals surface area contributed by atoms with Crippen LogP contribution in [0.3, 0.4) is 0 Å². The molecule has 0 radical (unpaired) electrons. The van der Waals surface area contributed by atoms with Crippen molar-refractivity contribution < 1.29 is 9.53 Å². The molecule has 0 aliphatic carbocycles. The van der Waals surface area contributed by atoms with Gasteiger partial charge in [-0.05, 0) is 30.7 Å². The highest BCUT2D eigenvalue weighted by atomic mass is 16.5. The SMILES string of the molecule is Cc1nc2c(c(=O)n1C)CN(C(=O)c1ccc3c(c1)CCO3)C2. The summed E-state index contributed by atoms with van der Waals surface area (Å²) in [5.74, 6) is 1.45. The van der Waals surface area contributed by atoms with E-state index >= 15 is 0 Å². The Kier molecular flexibility index (Phi) is 3.01. The van der Waals surface area contributed by atoms with Gasteiger partial charge in [-0.3, -0.25) is 14.2 Å². The molecule has 2 aliphatic rings. The van der Waals surface area contributed by atoms with Crippen LogP contribution in [0.15, 0.2) is 23.0 Å². The first-order chi connectivity index (χ1) is 11.0. The van der Waals surface area contributed by atoms with Crippen LogP contribution < -0.4 is 10.3 Å². The number of carbonyl (C=O) groups excluding carboxylic acids is 1. The second-order valence-corrected chi connectivity index (χ2v) is 6.03. The summed E-state index contributed by atoms with van der Waals surface area (Å²) in [6, 6.07) is 5.52. The third-order valence-electron chi connectivity index (χ3n) is 4.61. The van der Waals surface area contributed by atoms with E-state index < -0.39 is 0 Å². The number of rotatable bonds is 1. The number of amides is 1. The molecule has 0 saturated heterocycles. The molecule has 3 heterocycles. The highest BCUT2D eigenvalue weighted by Crippen LogP contribution is 2.27. The molecule has 0 bridgehead atoms. The lowest BCUT2D eigenvalue weighted by Crippen LogP contribution is -2.27. The third-order valence-corrected chi connectivity index (χ3v) is 4.61. The van der Waals surface area contributed by atoms with Gasteiger partial charge in [0.2, 0.25) is 0 Å². The van der Waals surface area contributed by atoms with E-state index in [4.69, 9.17) is 4.74 Å². The molecule has 1 aromatic carbocycles. The van der Waals surface area contributed by atoms with Crippen molar-refractivity contribution in [1.82, 2.24) is 14.5 Å². The van der Waals surface area contributed by atoms with Crippen molar-refractivity contribution in [3.63, 3.8) is 0 Å². The van der Waals surface area contributed by atoms with Gasteiger partial charge in [0, 0.05) is 19.0 Å². The van der Waals surface area contributed by atoms with E-state index in [1.165, 1.54) is 4.57 Å². The fourth-order valence-corrected chi connectivity index (χ4v) is 3.17. The Morgan fingerprint density at radius 1 is 1.30 bits per heavy atom. The average molecular weight is 311 g/mol. The predicted octanol–water partition coefficient (Wildman–Crippen LogP) is 1.18. The average Bonchev–Trinajstić information content (AvgIpc) is 3.17. The van der Waals surface area contributed by atoms with Crippen LogP contribution in [0.4, 0.5) is 0 Å². The lowest BCUT2D eigenvalue weighted by atomic mass is 10.1. The number of aryl methyl sites for hydroxylation is 1. The number of carbonyl (C=O) groups is 1. The number of hydrogen-bond donors (Lipinski definition) is 0. The van der Waals surface area contributed by atoms with Gasteiger partial charge in [0.25, 0.3) is 11.5 Å². The zero-order valence-electron chi connectivity index (χ0n) is 13.1. The topological polar surface area (TPSA) is 64.4 Å². The van der Waals surface area contributed by atoms with Crippen molar-refractivity contribution >= 4 is 5.91 Å². The van der Waals surface area contributed by atoms with E-state index in [0.717, 1.165) is 17.7 Å².